The molecule has 23 heavy (non-hydrogen) atoms. The Morgan fingerprint density at radius 3 is 1.87 bits per heavy atom. The van der Waals surface area contributed by atoms with Crippen LogP contribution in [0.25, 0.3) is 0 Å². The standard InChI is InChI=1S/C16H33O6P/c1-4-7-10-14(22-23(19,20)21)15(18)16(13-17,11-8-5-2)12-9-6-3/h14,17H,4-13H2,1-3H3,(H2,19,20,21). The quantitative estimate of drug-likeness (QED) is 0.413. The van der Waals surface area contributed by atoms with E-state index in [0.29, 0.717) is 19.3 Å². The fourth-order valence-electron chi connectivity index (χ4n) is 2.77. The number of hydrogen-bond acceptors (Lipinski definition) is 4. The normalized spacial score (nSPS) is 14.0. The maximum atomic E-state index is 13.0. The first-order chi connectivity index (χ1) is 10.8. The van der Waals surface area contributed by atoms with Crippen molar-refractivity contribution in [1.82, 2.24) is 0 Å². The van der Waals surface area contributed by atoms with E-state index in [2.05, 4.69) is 0 Å². The Bertz CT molecular complexity index is 371. The maximum absolute atomic E-state index is 13.0. The summed E-state index contributed by atoms with van der Waals surface area (Å²) in [5.74, 6) is -0.362. The van der Waals surface area contributed by atoms with Crippen LogP contribution >= 0.6 is 7.82 Å². The van der Waals surface area contributed by atoms with Gasteiger partial charge in [0.15, 0.2) is 5.78 Å². The van der Waals surface area contributed by atoms with Crippen LogP contribution in [-0.4, -0.2) is 33.4 Å². The summed E-state index contributed by atoms with van der Waals surface area (Å²) in [6, 6.07) is 0. The van der Waals surface area contributed by atoms with Crippen molar-refractivity contribution in [2.45, 2.75) is 84.7 Å². The predicted molar refractivity (Wildman–Crippen MR) is 90.0 cm³/mol. The molecule has 0 amide bonds. The Hall–Kier alpha value is -0.260. The first-order valence-electron chi connectivity index (χ1n) is 8.65. The highest BCUT2D eigenvalue weighted by molar-refractivity contribution is 7.46. The predicted octanol–water partition coefficient (Wildman–Crippen LogP) is 3.58. The number of unbranched alkanes of at least 4 members (excludes halogenated alkanes) is 3. The van der Waals surface area contributed by atoms with Crippen molar-refractivity contribution in [1.29, 1.82) is 0 Å². The molecule has 7 heteroatoms. The van der Waals surface area contributed by atoms with Gasteiger partial charge in [-0.2, -0.15) is 0 Å². The first kappa shape index (κ1) is 22.7. The van der Waals surface area contributed by atoms with Crippen LogP contribution in [0, 0.1) is 5.41 Å². The van der Waals surface area contributed by atoms with Crippen molar-refractivity contribution in [2.75, 3.05) is 6.61 Å². The van der Waals surface area contributed by atoms with E-state index in [-0.39, 0.29) is 18.8 Å². The smallest absolute Gasteiger partial charge is 0.395 e. The molecule has 6 nitrogen and oxygen atoms in total. The molecular weight excluding hydrogens is 319 g/mol. The monoisotopic (exact) mass is 352 g/mol. The number of Topliss-reactive ketones (excluding diaryl/α,β-unsaturated/α-hetero) is 1. The van der Waals surface area contributed by atoms with Crippen LogP contribution in [0.3, 0.4) is 0 Å². The first-order valence-corrected chi connectivity index (χ1v) is 10.2. The van der Waals surface area contributed by atoms with E-state index in [9.17, 15) is 14.5 Å². The average Bonchev–Trinajstić information content (AvgIpc) is 2.50. The van der Waals surface area contributed by atoms with Gasteiger partial charge in [-0.15, -0.1) is 0 Å². The minimum atomic E-state index is -4.75. The van der Waals surface area contributed by atoms with E-state index in [4.69, 9.17) is 14.3 Å². The lowest BCUT2D eigenvalue weighted by Crippen LogP contribution is -2.43. The van der Waals surface area contributed by atoms with Gasteiger partial charge in [-0.25, -0.2) is 4.57 Å². The van der Waals surface area contributed by atoms with Gasteiger partial charge in [0.05, 0.1) is 12.0 Å². The summed E-state index contributed by atoms with van der Waals surface area (Å²) in [5, 5.41) is 9.90. The molecule has 0 fully saturated rings. The molecule has 0 aromatic carbocycles. The molecule has 0 aromatic rings. The third kappa shape index (κ3) is 8.41. The van der Waals surface area contributed by atoms with Crippen LogP contribution in [0.15, 0.2) is 0 Å². The third-order valence-corrected chi connectivity index (χ3v) is 4.75. The van der Waals surface area contributed by atoms with Crippen molar-refractivity contribution in [3.05, 3.63) is 0 Å². The van der Waals surface area contributed by atoms with Crippen molar-refractivity contribution in [2.24, 2.45) is 5.41 Å². The molecule has 0 aliphatic heterocycles. The lowest BCUT2D eigenvalue weighted by Gasteiger charge is -2.34. The summed E-state index contributed by atoms with van der Waals surface area (Å²) in [6.07, 6.45) is 4.93. The van der Waals surface area contributed by atoms with Gasteiger partial charge in [-0.1, -0.05) is 59.3 Å². The summed E-state index contributed by atoms with van der Waals surface area (Å²) in [7, 11) is -4.75. The molecule has 138 valence electrons. The van der Waals surface area contributed by atoms with Gasteiger partial charge in [0, 0.05) is 0 Å². The Balaban J connectivity index is 5.38. The maximum Gasteiger partial charge on any atom is 0.470 e. The van der Waals surface area contributed by atoms with Crippen LogP contribution in [0.5, 0.6) is 0 Å². The summed E-state index contributed by atoms with van der Waals surface area (Å²) < 4.78 is 16.0. The van der Waals surface area contributed by atoms with Gasteiger partial charge >= 0.3 is 7.82 Å². The van der Waals surface area contributed by atoms with E-state index in [1.807, 2.05) is 20.8 Å². The zero-order chi connectivity index (χ0) is 17.9. The largest absolute Gasteiger partial charge is 0.470 e. The summed E-state index contributed by atoms with van der Waals surface area (Å²) in [4.78, 5) is 31.2. The number of carbonyl (C=O) groups excluding carboxylic acids is 1. The van der Waals surface area contributed by atoms with Gasteiger partial charge < -0.3 is 14.9 Å². The summed E-state index contributed by atoms with van der Waals surface area (Å²) in [5.41, 5.74) is -0.959. The lowest BCUT2D eigenvalue weighted by atomic mass is 9.73. The number of phosphoric acid groups is 1. The van der Waals surface area contributed by atoms with Crippen LogP contribution in [0.2, 0.25) is 0 Å². The molecule has 0 aliphatic carbocycles. The molecule has 0 rings (SSSR count). The van der Waals surface area contributed by atoms with Gasteiger partial charge in [0.25, 0.3) is 0 Å². The molecule has 0 radical (unpaired) electrons. The SMILES string of the molecule is CCCCC(OP(=O)(O)O)C(=O)C(CO)(CCCC)CCCC. The molecule has 0 aromatic heterocycles. The van der Waals surface area contributed by atoms with E-state index in [0.717, 1.165) is 32.1 Å². The highest BCUT2D eigenvalue weighted by Crippen LogP contribution is 2.42. The molecule has 0 saturated heterocycles. The van der Waals surface area contributed by atoms with Gasteiger partial charge in [-0.3, -0.25) is 9.32 Å². The second kappa shape index (κ2) is 11.3. The molecule has 0 aliphatic rings. The number of phosphoric ester groups is 1. The topological polar surface area (TPSA) is 104 Å². The lowest BCUT2D eigenvalue weighted by molar-refractivity contribution is -0.141. The number of ketones is 1. The molecule has 1 unspecified atom stereocenters. The zero-order valence-electron chi connectivity index (χ0n) is 14.7. The number of carbonyl (C=O) groups is 1. The van der Waals surface area contributed by atoms with Crippen LogP contribution in [0.1, 0.15) is 78.6 Å². The molecule has 1 atom stereocenters. The highest BCUT2D eigenvalue weighted by Gasteiger charge is 2.42. The Labute approximate surface area is 139 Å². The van der Waals surface area contributed by atoms with Crippen LogP contribution < -0.4 is 0 Å². The van der Waals surface area contributed by atoms with E-state index >= 15 is 0 Å². The molecule has 0 heterocycles. The average molecular weight is 352 g/mol. The summed E-state index contributed by atoms with van der Waals surface area (Å²) >= 11 is 0. The van der Waals surface area contributed by atoms with Crippen molar-refractivity contribution in [3.63, 3.8) is 0 Å². The third-order valence-electron chi connectivity index (χ3n) is 4.22. The minimum Gasteiger partial charge on any atom is -0.395 e. The molecule has 0 bridgehead atoms. The molecule has 0 saturated carbocycles. The van der Waals surface area contributed by atoms with E-state index in [1.54, 1.807) is 0 Å². The summed E-state index contributed by atoms with van der Waals surface area (Å²) in [6.45, 7) is 5.64. The second-order valence-corrected chi connectivity index (χ2v) is 7.43. The van der Waals surface area contributed by atoms with Gasteiger partial charge in [0.2, 0.25) is 0 Å². The van der Waals surface area contributed by atoms with Crippen LogP contribution in [0.4, 0.5) is 0 Å². The second-order valence-electron chi connectivity index (χ2n) is 6.24. The van der Waals surface area contributed by atoms with E-state index in [1.165, 1.54) is 0 Å². The van der Waals surface area contributed by atoms with Gasteiger partial charge in [0.1, 0.15) is 6.10 Å². The van der Waals surface area contributed by atoms with E-state index < -0.39 is 19.3 Å². The fourth-order valence-corrected chi connectivity index (χ4v) is 3.30. The molecule has 3 N–H and O–H groups in total. The van der Waals surface area contributed by atoms with Crippen LogP contribution in [-0.2, 0) is 13.9 Å². The van der Waals surface area contributed by atoms with Crippen molar-refractivity contribution in [3.8, 4) is 0 Å². The van der Waals surface area contributed by atoms with Gasteiger partial charge in [-0.05, 0) is 19.3 Å². The zero-order valence-corrected chi connectivity index (χ0v) is 15.6. The fraction of sp³-hybridized carbons (Fsp3) is 0.938. The Morgan fingerprint density at radius 2 is 1.52 bits per heavy atom. The van der Waals surface area contributed by atoms with Crippen molar-refractivity contribution >= 4 is 13.6 Å². The number of hydrogen-bond donors (Lipinski definition) is 3. The number of aliphatic hydroxyl groups excluding tert-OH is 1. The minimum absolute atomic E-state index is 0.264. The Morgan fingerprint density at radius 1 is 1.04 bits per heavy atom. The number of rotatable bonds is 14. The number of aliphatic hydroxyl groups is 1. The highest BCUT2D eigenvalue weighted by atomic mass is 31.2. The van der Waals surface area contributed by atoms with Crippen molar-refractivity contribution < 1.29 is 28.8 Å². The molecular formula is C16H33O6P. The Kier molecular flexibility index (Phi) is 11.2. The molecule has 0 spiro atoms.